The zero-order valence-electron chi connectivity index (χ0n) is 10.9. The number of rotatable bonds is 4. The van der Waals surface area contributed by atoms with E-state index in [9.17, 15) is 13.5 Å². The Morgan fingerprint density at radius 3 is 2.47 bits per heavy atom. The van der Waals surface area contributed by atoms with Crippen molar-refractivity contribution >= 4 is 9.84 Å². The molecule has 1 aliphatic heterocycles. The van der Waals surface area contributed by atoms with Gasteiger partial charge in [0.2, 0.25) is 0 Å². The maximum absolute atomic E-state index is 11.7. The van der Waals surface area contributed by atoms with Crippen molar-refractivity contribution in [3.8, 4) is 5.75 Å². The summed E-state index contributed by atoms with van der Waals surface area (Å²) in [7, 11) is -1.53. The van der Waals surface area contributed by atoms with E-state index in [1.165, 1.54) is 0 Å². The van der Waals surface area contributed by atoms with E-state index in [1.807, 2.05) is 0 Å². The first-order chi connectivity index (χ1) is 8.92. The largest absolute Gasteiger partial charge is 0.497 e. The third-order valence-corrected chi connectivity index (χ3v) is 5.68. The molecular formula is C13H19NO4S. The number of methoxy groups -OCH3 is 1. The minimum Gasteiger partial charge on any atom is -0.497 e. The van der Waals surface area contributed by atoms with Crippen molar-refractivity contribution in [3.63, 3.8) is 0 Å². The van der Waals surface area contributed by atoms with Crippen LogP contribution in [0.4, 0.5) is 0 Å². The summed E-state index contributed by atoms with van der Waals surface area (Å²) in [5, 5.41) is 10.5. The standard InChI is InChI=1S/C13H19NO4S/c1-18-11-4-2-10(3-5-11)12(15)13(8-14)6-7-19(16,17)9-13/h2-5,12,15H,6-9,14H2,1H3. The quantitative estimate of drug-likeness (QED) is 0.840. The fourth-order valence-corrected chi connectivity index (χ4v) is 4.73. The number of hydrogen-bond donors (Lipinski definition) is 2. The van der Waals surface area contributed by atoms with E-state index in [0.717, 1.165) is 0 Å². The lowest BCUT2D eigenvalue weighted by Crippen LogP contribution is -2.38. The van der Waals surface area contributed by atoms with Crippen LogP contribution in [0.1, 0.15) is 18.1 Å². The van der Waals surface area contributed by atoms with Crippen LogP contribution in [0, 0.1) is 5.41 Å². The van der Waals surface area contributed by atoms with Gasteiger partial charge in [-0.1, -0.05) is 12.1 Å². The van der Waals surface area contributed by atoms with E-state index in [2.05, 4.69) is 0 Å². The van der Waals surface area contributed by atoms with Gasteiger partial charge in [-0.25, -0.2) is 8.42 Å². The predicted octanol–water partition coefficient (Wildman–Crippen LogP) is 0.492. The van der Waals surface area contributed by atoms with Crippen LogP contribution in [0.25, 0.3) is 0 Å². The third kappa shape index (κ3) is 2.75. The minimum atomic E-state index is -3.10. The molecule has 0 aromatic heterocycles. The topological polar surface area (TPSA) is 89.6 Å². The van der Waals surface area contributed by atoms with Crippen molar-refractivity contribution < 1.29 is 18.3 Å². The van der Waals surface area contributed by atoms with Crippen LogP contribution in [-0.4, -0.2) is 38.7 Å². The Morgan fingerprint density at radius 2 is 2.05 bits per heavy atom. The number of benzene rings is 1. The molecule has 19 heavy (non-hydrogen) atoms. The average Bonchev–Trinajstić information content (AvgIpc) is 2.75. The van der Waals surface area contributed by atoms with Gasteiger partial charge in [0.15, 0.2) is 9.84 Å². The first-order valence-electron chi connectivity index (χ1n) is 6.15. The second-order valence-corrected chi connectivity index (χ2v) is 7.27. The lowest BCUT2D eigenvalue weighted by Gasteiger charge is -2.32. The molecule has 1 aromatic rings. The lowest BCUT2D eigenvalue weighted by atomic mass is 9.78. The molecule has 1 heterocycles. The number of ether oxygens (including phenoxy) is 1. The number of aliphatic hydroxyl groups excluding tert-OH is 1. The van der Waals surface area contributed by atoms with Gasteiger partial charge in [-0.3, -0.25) is 0 Å². The fourth-order valence-electron chi connectivity index (χ4n) is 2.57. The molecule has 6 heteroatoms. The van der Waals surface area contributed by atoms with Gasteiger partial charge in [0.25, 0.3) is 0 Å². The van der Waals surface area contributed by atoms with Crippen LogP contribution in [0.5, 0.6) is 5.75 Å². The Kier molecular flexibility index (Phi) is 3.85. The van der Waals surface area contributed by atoms with Crippen molar-refractivity contribution in [2.24, 2.45) is 11.1 Å². The molecule has 106 valence electrons. The molecule has 5 nitrogen and oxygen atoms in total. The van der Waals surface area contributed by atoms with Crippen LogP contribution in [0.2, 0.25) is 0 Å². The van der Waals surface area contributed by atoms with Gasteiger partial charge in [-0.05, 0) is 24.1 Å². The van der Waals surface area contributed by atoms with Gasteiger partial charge in [-0.2, -0.15) is 0 Å². The maximum atomic E-state index is 11.7. The Hall–Kier alpha value is -1.11. The average molecular weight is 285 g/mol. The Balaban J connectivity index is 2.28. The lowest BCUT2D eigenvalue weighted by molar-refractivity contribution is 0.0471. The summed E-state index contributed by atoms with van der Waals surface area (Å²) in [4.78, 5) is 0. The van der Waals surface area contributed by atoms with E-state index >= 15 is 0 Å². The number of nitrogens with two attached hydrogens (primary N) is 1. The number of sulfone groups is 1. The second kappa shape index (κ2) is 5.11. The van der Waals surface area contributed by atoms with Crippen molar-refractivity contribution in [3.05, 3.63) is 29.8 Å². The van der Waals surface area contributed by atoms with Crippen molar-refractivity contribution in [1.29, 1.82) is 0 Å². The molecule has 0 aliphatic carbocycles. The van der Waals surface area contributed by atoms with Crippen molar-refractivity contribution in [2.75, 3.05) is 25.2 Å². The zero-order chi connectivity index (χ0) is 14.1. The van der Waals surface area contributed by atoms with E-state index in [4.69, 9.17) is 10.5 Å². The van der Waals surface area contributed by atoms with Crippen LogP contribution in [-0.2, 0) is 9.84 Å². The fraction of sp³-hybridized carbons (Fsp3) is 0.538. The smallest absolute Gasteiger partial charge is 0.151 e. The van der Waals surface area contributed by atoms with E-state index < -0.39 is 21.4 Å². The normalized spacial score (nSPS) is 27.1. The van der Waals surface area contributed by atoms with Gasteiger partial charge in [0, 0.05) is 12.0 Å². The Bertz CT molecular complexity index is 540. The summed E-state index contributed by atoms with van der Waals surface area (Å²) < 4.78 is 28.4. The zero-order valence-corrected chi connectivity index (χ0v) is 11.7. The van der Waals surface area contributed by atoms with E-state index in [1.54, 1.807) is 31.4 Å². The molecule has 0 spiro atoms. The summed E-state index contributed by atoms with van der Waals surface area (Å²) >= 11 is 0. The Labute approximate surface area is 113 Å². The third-order valence-electron chi connectivity index (χ3n) is 3.84. The van der Waals surface area contributed by atoms with E-state index in [-0.39, 0.29) is 18.1 Å². The molecule has 1 aliphatic rings. The molecule has 1 aromatic carbocycles. The van der Waals surface area contributed by atoms with Crippen LogP contribution >= 0.6 is 0 Å². The van der Waals surface area contributed by atoms with Crippen molar-refractivity contribution in [2.45, 2.75) is 12.5 Å². The molecule has 0 amide bonds. The monoisotopic (exact) mass is 285 g/mol. The van der Waals surface area contributed by atoms with Gasteiger partial charge >= 0.3 is 0 Å². The number of hydrogen-bond acceptors (Lipinski definition) is 5. The summed E-state index contributed by atoms with van der Waals surface area (Å²) in [5.41, 5.74) is 5.63. The number of aliphatic hydroxyl groups is 1. The van der Waals surface area contributed by atoms with Crippen molar-refractivity contribution in [1.82, 2.24) is 0 Å². The highest BCUT2D eigenvalue weighted by Gasteiger charge is 2.46. The molecule has 1 saturated heterocycles. The molecule has 2 atom stereocenters. The molecular weight excluding hydrogens is 266 g/mol. The summed E-state index contributed by atoms with van der Waals surface area (Å²) in [6, 6.07) is 6.97. The first-order valence-corrected chi connectivity index (χ1v) is 7.97. The molecule has 0 bridgehead atoms. The minimum absolute atomic E-state index is 0.0519. The highest BCUT2D eigenvalue weighted by Crippen LogP contribution is 2.42. The molecule has 3 N–H and O–H groups in total. The molecule has 2 unspecified atom stereocenters. The summed E-state index contributed by atoms with van der Waals surface area (Å²) in [6.07, 6.45) is -0.473. The second-order valence-electron chi connectivity index (χ2n) is 5.08. The van der Waals surface area contributed by atoms with Gasteiger partial charge in [-0.15, -0.1) is 0 Å². The molecule has 2 rings (SSSR count). The molecule has 1 fully saturated rings. The Morgan fingerprint density at radius 1 is 1.42 bits per heavy atom. The first kappa shape index (κ1) is 14.3. The van der Waals surface area contributed by atoms with E-state index in [0.29, 0.717) is 17.7 Å². The van der Waals surface area contributed by atoms with Crippen LogP contribution < -0.4 is 10.5 Å². The maximum Gasteiger partial charge on any atom is 0.151 e. The van der Waals surface area contributed by atoms with Gasteiger partial charge in [0.05, 0.1) is 24.7 Å². The SMILES string of the molecule is COc1ccc(C(O)C2(CN)CCS(=O)(=O)C2)cc1. The van der Waals surface area contributed by atoms with Gasteiger partial charge in [0.1, 0.15) is 5.75 Å². The van der Waals surface area contributed by atoms with Crippen LogP contribution in [0.3, 0.4) is 0 Å². The summed E-state index contributed by atoms with van der Waals surface area (Å²) in [6.45, 7) is 0.152. The summed E-state index contributed by atoms with van der Waals surface area (Å²) in [5.74, 6) is 0.734. The highest BCUT2D eigenvalue weighted by atomic mass is 32.2. The highest BCUT2D eigenvalue weighted by molar-refractivity contribution is 7.91. The van der Waals surface area contributed by atoms with Crippen LogP contribution in [0.15, 0.2) is 24.3 Å². The molecule has 0 saturated carbocycles. The predicted molar refractivity (Wildman–Crippen MR) is 72.7 cm³/mol. The molecule has 0 radical (unpaired) electrons. The van der Waals surface area contributed by atoms with Gasteiger partial charge < -0.3 is 15.6 Å².